The minimum absolute atomic E-state index is 0.580. The minimum atomic E-state index is 0.580. The van der Waals surface area contributed by atoms with Crippen molar-refractivity contribution in [2.75, 3.05) is 88.4 Å². The topological polar surface area (TPSA) is 83.5 Å². The summed E-state index contributed by atoms with van der Waals surface area (Å²) in [4.78, 5) is 9.27. The molecule has 0 atom stereocenters. The van der Waals surface area contributed by atoms with Crippen molar-refractivity contribution in [3.8, 4) is 5.88 Å². The highest BCUT2D eigenvalue weighted by Gasteiger charge is 2.15. The van der Waals surface area contributed by atoms with E-state index in [0.717, 1.165) is 76.1 Å². The van der Waals surface area contributed by atoms with Gasteiger partial charge in [-0.15, -0.1) is 0 Å². The van der Waals surface area contributed by atoms with Gasteiger partial charge in [0.25, 0.3) is 0 Å². The quantitative estimate of drug-likeness (QED) is 0.442. The molecule has 2 N–H and O–H groups in total. The summed E-state index contributed by atoms with van der Waals surface area (Å²) in [5.74, 6) is 1.24. The molecule has 2 fully saturated rings. The molecule has 9 heteroatoms. The normalized spacial score (nSPS) is 17.3. The van der Waals surface area contributed by atoms with Gasteiger partial charge in [-0.1, -0.05) is 11.6 Å². The van der Waals surface area contributed by atoms with Crippen LogP contribution in [0.1, 0.15) is 11.1 Å². The molecule has 3 heterocycles. The SMILES string of the molecule is CNc1ccc(C)cc1C=NNc1cc(N2CCOCC2)cc(OCCN2CCOCC2)n1. The molecule has 2 aliphatic heterocycles. The summed E-state index contributed by atoms with van der Waals surface area (Å²) in [6.07, 6.45) is 1.81. The zero-order valence-corrected chi connectivity index (χ0v) is 19.5. The Hall–Kier alpha value is -2.88. The van der Waals surface area contributed by atoms with Gasteiger partial charge in [0.2, 0.25) is 5.88 Å². The van der Waals surface area contributed by atoms with Crippen molar-refractivity contribution in [1.82, 2.24) is 9.88 Å². The Labute approximate surface area is 195 Å². The number of aryl methyl sites for hydroxylation is 1. The molecule has 0 saturated carbocycles. The lowest BCUT2D eigenvalue weighted by atomic mass is 10.1. The molecule has 0 aliphatic carbocycles. The van der Waals surface area contributed by atoms with Crippen LogP contribution in [0.25, 0.3) is 0 Å². The molecule has 2 aliphatic rings. The number of hydrazone groups is 1. The molecular weight excluding hydrogens is 420 g/mol. The molecule has 9 nitrogen and oxygen atoms in total. The highest BCUT2D eigenvalue weighted by molar-refractivity contribution is 5.88. The zero-order chi connectivity index (χ0) is 22.9. The van der Waals surface area contributed by atoms with Crippen LogP contribution in [0.4, 0.5) is 17.2 Å². The summed E-state index contributed by atoms with van der Waals surface area (Å²) < 4.78 is 17.0. The molecule has 33 heavy (non-hydrogen) atoms. The molecule has 4 rings (SSSR count). The van der Waals surface area contributed by atoms with Gasteiger partial charge in [0.1, 0.15) is 6.61 Å². The molecule has 1 aromatic heterocycles. The van der Waals surface area contributed by atoms with Crippen LogP contribution in [0.15, 0.2) is 35.4 Å². The third kappa shape index (κ3) is 6.80. The van der Waals surface area contributed by atoms with E-state index in [4.69, 9.17) is 14.2 Å². The summed E-state index contributed by atoms with van der Waals surface area (Å²) in [5.41, 5.74) is 7.36. The van der Waals surface area contributed by atoms with Gasteiger partial charge in [0.05, 0.1) is 32.6 Å². The lowest BCUT2D eigenvalue weighted by molar-refractivity contribution is 0.0320. The molecule has 2 saturated heterocycles. The summed E-state index contributed by atoms with van der Waals surface area (Å²) >= 11 is 0. The third-order valence-electron chi connectivity index (χ3n) is 5.78. The predicted molar refractivity (Wildman–Crippen MR) is 132 cm³/mol. The molecule has 0 radical (unpaired) electrons. The van der Waals surface area contributed by atoms with Gasteiger partial charge in [-0.25, -0.2) is 0 Å². The van der Waals surface area contributed by atoms with Crippen LogP contribution >= 0.6 is 0 Å². The molecule has 0 unspecified atom stereocenters. The first-order chi connectivity index (χ1) is 16.2. The summed E-state index contributed by atoms with van der Waals surface area (Å²) in [6, 6.07) is 10.2. The molecular formula is C24H34N6O3. The van der Waals surface area contributed by atoms with Gasteiger partial charge >= 0.3 is 0 Å². The van der Waals surface area contributed by atoms with E-state index in [1.165, 1.54) is 5.56 Å². The fourth-order valence-corrected chi connectivity index (χ4v) is 3.92. The number of morpholine rings is 2. The number of hydrogen-bond donors (Lipinski definition) is 2. The average Bonchev–Trinajstić information content (AvgIpc) is 2.85. The van der Waals surface area contributed by atoms with Gasteiger partial charge in [0.15, 0.2) is 5.82 Å². The first kappa shape index (κ1) is 23.3. The molecule has 2 aromatic rings. The van der Waals surface area contributed by atoms with Crippen LogP contribution in [0.2, 0.25) is 0 Å². The van der Waals surface area contributed by atoms with Crippen molar-refractivity contribution in [3.63, 3.8) is 0 Å². The first-order valence-electron chi connectivity index (χ1n) is 11.6. The van der Waals surface area contributed by atoms with Gasteiger partial charge in [-0.2, -0.15) is 10.1 Å². The van der Waals surface area contributed by atoms with Crippen LogP contribution in [0, 0.1) is 6.92 Å². The van der Waals surface area contributed by atoms with Crippen molar-refractivity contribution >= 4 is 23.4 Å². The van der Waals surface area contributed by atoms with Gasteiger partial charge in [0, 0.05) is 68.8 Å². The monoisotopic (exact) mass is 454 g/mol. The largest absolute Gasteiger partial charge is 0.476 e. The Bertz CT molecular complexity index is 926. The van der Waals surface area contributed by atoms with E-state index in [2.05, 4.69) is 49.7 Å². The van der Waals surface area contributed by atoms with Crippen molar-refractivity contribution in [3.05, 3.63) is 41.5 Å². The number of benzene rings is 1. The minimum Gasteiger partial charge on any atom is -0.476 e. The van der Waals surface area contributed by atoms with E-state index in [-0.39, 0.29) is 0 Å². The Balaban J connectivity index is 1.45. The molecule has 0 spiro atoms. The van der Waals surface area contributed by atoms with Crippen molar-refractivity contribution in [1.29, 1.82) is 0 Å². The number of ether oxygens (including phenoxy) is 3. The fraction of sp³-hybridized carbons (Fsp3) is 0.500. The maximum absolute atomic E-state index is 6.04. The number of rotatable bonds is 9. The van der Waals surface area contributed by atoms with E-state index < -0.39 is 0 Å². The van der Waals surface area contributed by atoms with Crippen molar-refractivity contribution in [2.45, 2.75) is 6.92 Å². The zero-order valence-electron chi connectivity index (χ0n) is 19.5. The number of pyridine rings is 1. The number of hydrogen-bond acceptors (Lipinski definition) is 9. The smallest absolute Gasteiger partial charge is 0.217 e. The Morgan fingerprint density at radius 1 is 1.06 bits per heavy atom. The standard InChI is InChI=1S/C24H34N6O3/c1-19-3-4-22(25-2)20(15-19)18-26-28-23-16-21(30-8-12-32-13-9-30)17-24(27-23)33-14-7-29-5-10-31-11-6-29/h3-4,15-18,25H,5-14H2,1-2H3,(H,27,28). The van der Waals surface area contributed by atoms with Crippen LogP contribution < -0.4 is 20.4 Å². The molecule has 1 aromatic carbocycles. The van der Waals surface area contributed by atoms with Crippen LogP contribution in [-0.4, -0.2) is 88.9 Å². The van der Waals surface area contributed by atoms with Crippen molar-refractivity contribution in [2.24, 2.45) is 5.10 Å². The van der Waals surface area contributed by atoms with Crippen LogP contribution in [0.3, 0.4) is 0 Å². The van der Waals surface area contributed by atoms with E-state index in [1.54, 1.807) is 6.21 Å². The van der Waals surface area contributed by atoms with E-state index in [0.29, 0.717) is 18.3 Å². The summed E-state index contributed by atoms with van der Waals surface area (Å²) in [7, 11) is 1.91. The van der Waals surface area contributed by atoms with E-state index in [1.807, 2.05) is 25.2 Å². The highest BCUT2D eigenvalue weighted by atomic mass is 16.5. The van der Waals surface area contributed by atoms with Gasteiger partial charge < -0.3 is 24.4 Å². The average molecular weight is 455 g/mol. The maximum Gasteiger partial charge on any atom is 0.217 e. The number of anilines is 3. The number of nitrogens with zero attached hydrogens (tertiary/aromatic N) is 4. The molecule has 0 bridgehead atoms. The second kappa shape index (κ2) is 11.8. The Morgan fingerprint density at radius 2 is 1.82 bits per heavy atom. The lowest BCUT2D eigenvalue weighted by Gasteiger charge is -2.29. The van der Waals surface area contributed by atoms with Gasteiger partial charge in [-0.05, 0) is 19.1 Å². The predicted octanol–water partition coefficient (Wildman–Crippen LogP) is 2.43. The fourth-order valence-electron chi connectivity index (χ4n) is 3.92. The second-order valence-corrected chi connectivity index (χ2v) is 8.16. The molecule has 0 amide bonds. The summed E-state index contributed by atoms with van der Waals surface area (Å²) in [5, 5.41) is 7.64. The van der Waals surface area contributed by atoms with Crippen LogP contribution in [0.5, 0.6) is 5.88 Å². The molecule has 178 valence electrons. The van der Waals surface area contributed by atoms with Crippen molar-refractivity contribution < 1.29 is 14.2 Å². The highest BCUT2D eigenvalue weighted by Crippen LogP contribution is 2.25. The summed E-state index contributed by atoms with van der Waals surface area (Å²) in [6.45, 7) is 10.1. The maximum atomic E-state index is 6.04. The number of nitrogens with one attached hydrogen (secondary N) is 2. The van der Waals surface area contributed by atoms with Gasteiger partial charge in [-0.3, -0.25) is 10.3 Å². The third-order valence-corrected chi connectivity index (χ3v) is 5.78. The lowest BCUT2D eigenvalue weighted by Crippen LogP contribution is -2.38. The van der Waals surface area contributed by atoms with E-state index in [9.17, 15) is 0 Å². The Morgan fingerprint density at radius 3 is 2.58 bits per heavy atom. The first-order valence-corrected chi connectivity index (χ1v) is 11.6. The second-order valence-electron chi connectivity index (χ2n) is 8.16. The number of aromatic nitrogens is 1. The van der Waals surface area contributed by atoms with E-state index >= 15 is 0 Å². The van der Waals surface area contributed by atoms with Crippen LogP contribution in [-0.2, 0) is 9.47 Å². The Kier molecular flexibility index (Phi) is 8.35.